The van der Waals surface area contributed by atoms with Crippen molar-refractivity contribution in [3.8, 4) is 0 Å². The first-order valence-corrected chi connectivity index (χ1v) is 6.09. The van der Waals surface area contributed by atoms with Gasteiger partial charge in [-0.3, -0.25) is 0 Å². The average Bonchev–Trinajstić information content (AvgIpc) is 2.14. The van der Waals surface area contributed by atoms with Gasteiger partial charge in [0.15, 0.2) is 0 Å². The lowest BCUT2D eigenvalue weighted by Gasteiger charge is -2.40. The van der Waals surface area contributed by atoms with Crippen LogP contribution in [0.15, 0.2) is 0 Å². The van der Waals surface area contributed by atoms with E-state index in [1.807, 2.05) is 0 Å². The molecule has 84 valence electrons. The van der Waals surface area contributed by atoms with E-state index in [0.29, 0.717) is 6.10 Å². The lowest BCUT2D eigenvalue weighted by molar-refractivity contribution is -0.0450. The number of rotatable bonds is 7. The van der Waals surface area contributed by atoms with Crippen molar-refractivity contribution < 1.29 is 4.74 Å². The third-order valence-corrected chi connectivity index (χ3v) is 3.29. The van der Waals surface area contributed by atoms with Gasteiger partial charge in [-0.25, -0.2) is 0 Å². The Morgan fingerprint density at radius 3 is 2.50 bits per heavy atom. The van der Waals surface area contributed by atoms with E-state index >= 15 is 0 Å². The average molecular weight is 199 g/mol. The Labute approximate surface area is 88.6 Å². The Balaban J connectivity index is 1.94. The Hall–Kier alpha value is -0.0800. The van der Waals surface area contributed by atoms with E-state index in [2.05, 4.69) is 25.8 Å². The number of hydrogen-bond donors (Lipinski definition) is 0. The molecule has 0 radical (unpaired) electrons. The van der Waals surface area contributed by atoms with Gasteiger partial charge in [-0.2, -0.15) is 0 Å². The molecule has 0 saturated heterocycles. The van der Waals surface area contributed by atoms with E-state index in [-0.39, 0.29) is 0 Å². The molecular weight excluding hydrogens is 174 g/mol. The quantitative estimate of drug-likeness (QED) is 0.584. The maximum Gasteiger partial charge on any atom is 0.0605 e. The highest BCUT2D eigenvalue weighted by molar-refractivity contribution is 4.86. The minimum absolute atomic E-state index is 0.561. The van der Waals surface area contributed by atoms with Crippen molar-refractivity contribution in [3.63, 3.8) is 0 Å². The van der Waals surface area contributed by atoms with Crippen LogP contribution in [0.5, 0.6) is 0 Å². The van der Waals surface area contributed by atoms with Crippen LogP contribution < -0.4 is 0 Å². The summed E-state index contributed by atoms with van der Waals surface area (Å²) in [5, 5.41) is 0. The van der Waals surface area contributed by atoms with Crippen molar-refractivity contribution in [3.05, 3.63) is 0 Å². The summed E-state index contributed by atoms with van der Waals surface area (Å²) in [6, 6.07) is 0.788. The predicted octanol–water partition coefficient (Wildman–Crippen LogP) is 2.68. The molecule has 1 aliphatic carbocycles. The van der Waals surface area contributed by atoms with Gasteiger partial charge in [0.2, 0.25) is 0 Å². The Morgan fingerprint density at radius 2 is 1.93 bits per heavy atom. The predicted molar refractivity (Wildman–Crippen MR) is 60.6 cm³/mol. The van der Waals surface area contributed by atoms with Gasteiger partial charge in [-0.05, 0) is 32.9 Å². The van der Waals surface area contributed by atoms with E-state index in [1.165, 1.54) is 32.1 Å². The number of nitrogens with zero attached hydrogens (tertiary/aromatic N) is 1. The highest BCUT2D eigenvalue weighted by Gasteiger charge is 2.31. The van der Waals surface area contributed by atoms with E-state index < -0.39 is 0 Å². The van der Waals surface area contributed by atoms with Crippen LogP contribution in [0.3, 0.4) is 0 Å². The molecule has 1 saturated carbocycles. The second-order valence-corrected chi connectivity index (χ2v) is 4.40. The van der Waals surface area contributed by atoms with Gasteiger partial charge in [0, 0.05) is 12.6 Å². The standard InChI is InChI=1S/C12H25NO/c1-4-6-7-8-14-12-9-11(10-12)13(3)5-2/h11-12H,4-10H2,1-3H3. The van der Waals surface area contributed by atoms with Gasteiger partial charge < -0.3 is 9.64 Å². The van der Waals surface area contributed by atoms with E-state index in [0.717, 1.165) is 19.2 Å². The lowest BCUT2D eigenvalue weighted by atomic mass is 9.88. The summed E-state index contributed by atoms with van der Waals surface area (Å²) < 4.78 is 5.78. The largest absolute Gasteiger partial charge is 0.378 e. The SMILES string of the molecule is CCCCCOC1CC(N(C)CC)C1. The monoisotopic (exact) mass is 199 g/mol. The second-order valence-electron chi connectivity index (χ2n) is 4.40. The molecule has 0 unspecified atom stereocenters. The van der Waals surface area contributed by atoms with Crippen LogP contribution in [0.4, 0.5) is 0 Å². The zero-order chi connectivity index (χ0) is 10.4. The molecule has 0 aromatic carbocycles. The molecule has 0 N–H and O–H groups in total. The minimum Gasteiger partial charge on any atom is -0.378 e. The highest BCUT2D eigenvalue weighted by Crippen LogP contribution is 2.27. The van der Waals surface area contributed by atoms with Crippen molar-refractivity contribution in [2.24, 2.45) is 0 Å². The number of hydrogen-bond acceptors (Lipinski definition) is 2. The van der Waals surface area contributed by atoms with Crippen molar-refractivity contribution in [2.75, 3.05) is 20.2 Å². The molecule has 0 spiro atoms. The van der Waals surface area contributed by atoms with Gasteiger partial charge in [0.05, 0.1) is 6.10 Å². The fourth-order valence-electron chi connectivity index (χ4n) is 1.89. The maximum absolute atomic E-state index is 5.78. The molecule has 2 heteroatoms. The molecule has 0 bridgehead atoms. The molecule has 1 rings (SSSR count). The maximum atomic E-state index is 5.78. The molecule has 0 atom stereocenters. The second kappa shape index (κ2) is 6.41. The first-order valence-electron chi connectivity index (χ1n) is 6.09. The Bertz CT molecular complexity index is 143. The summed E-state index contributed by atoms with van der Waals surface area (Å²) in [5.74, 6) is 0. The summed E-state index contributed by atoms with van der Waals surface area (Å²) in [7, 11) is 2.21. The third kappa shape index (κ3) is 3.58. The molecule has 1 aliphatic rings. The summed E-state index contributed by atoms with van der Waals surface area (Å²) in [6.07, 6.45) is 6.89. The molecule has 1 fully saturated rings. The Kier molecular flexibility index (Phi) is 5.49. The molecule has 0 aliphatic heterocycles. The molecular formula is C12H25NO. The van der Waals surface area contributed by atoms with Crippen molar-refractivity contribution in [2.45, 2.75) is 58.1 Å². The molecule has 0 heterocycles. The van der Waals surface area contributed by atoms with Crippen molar-refractivity contribution in [1.82, 2.24) is 4.90 Å². The molecule has 0 aromatic heterocycles. The van der Waals surface area contributed by atoms with Crippen LogP contribution in [-0.2, 0) is 4.74 Å². The van der Waals surface area contributed by atoms with Gasteiger partial charge in [-0.15, -0.1) is 0 Å². The number of unbranched alkanes of at least 4 members (excludes halogenated alkanes) is 2. The first-order chi connectivity index (χ1) is 6.77. The molecule has 0 aromatic rings. The number of ether oxygens (including phenoxy) is 1. The fourth-order valence-corrected chi connectivity index (χ4v) is 1.89. The van der Waals surface area contributed by atoms with E-state index in [9.17, 15) is 0 Å². The first kappa shape index (κ1) is 12.0. The normalized spacial score (nSPS) is 26.6. The molecule has 0 amide bonds. The van der Waals surface area contributed by atoms with Crippen molar-refractivity contribution >= 4 is 0 Å². The van der Waals surface area contributed by atoms with Crippen LogP contribution in [0.2, 0.25) is 0 Å². The molecule has 2 nitrogen and oxygen atoms in total. The summed E-state index contributed by atoms with van der Waals surface area (Å²) in [4.78, 5) is 2.42. The molecule has 14 heavy (non-hydrogen) atoms. The Morgan fingerprint density at radius 1 is 1.21 bits per heavy atom. The third-order valence-electron chi connectivity index (χ3n) is 3.29. The lowest BCUT2D eigenvalue weighted by Crippen LogP contribution is -2.46. The van der Waals surface area contributed by atoms with Crippen LogP contribution in [-0.4, -0.2) is 37.2 Å². The summed E-state index contributed by atoms with van der Waals surface area (Å²) in [6.45, 7) is 6.58. The zero-order valence-corrected chi connectivity index (χ0v) is 9.96. The van der Waals surface area contributed by atoms with Gasteiger partial charge in [0.25, 0.3) is 0 Å². The smallest absolute Gasteiger partial charge is 0.0605 e. The van der Waals surface area contributed by atoms with Crippen LogP contribution in [0.1, 0.15) is 46.0 Å². The van der Waals surface area contributed by atoms with Crippen LogP contribution in [0, 0.1) is 0 Å². The highest BCUT2D eigenvalue weighted by atomic mass is 16.5. The summed E-state index contributed by atoms with van der Waals surface area (Å²) in [5.41, 5.74) is 0. The van der Waals surface area contributed by atoms with Gasteiger partial charge >= 0.3 is 0 Å². The van der Waals surface area contributed by atoms with Gasteiger partial charge in [0.1, 0.15) is 0 Å². The zero-order valence-electron chi connectivity index (χ0n) is 9.96. The summed E-state index contributed by atoms with van der Waals surface area (Å²) >= 11 is 0. The van der Waals surface area contributed by atoms with Crippen LogP contribution in [0.25, 0.3) is 0 Å². The van der Waals surface area contributed by atoms with E-state index in [4.69, 9.17) is 4.74 Å². The topological polar surface area (TPSA) is 12.5 Å². The fraction of sp³-hybridized carbons (Fsp3) is 1.00. The van der Waals surface area contributed by atoms with E-state index in [1.54, 1.807) is 0 Å². The van der Waals surface area contributed by atoms with Crippen LogP contribution >= 0.6 is 0 Å². The van der Waals surface area contributed by atoms with Crippen molar-refractivity contribution in [1.29, 1.82) is 0 Å². The minimum atomic E-state index is 0.561. The van der Waals surface area contributed by atoms with Gasteiger partial charge in [-0.1, -0.05) is 26.7 Å².